The average Bonchev–Trinajstić information content (AvgIpc) is 2.53. The molecule has 1 aliphatic carbocycles. The van der Waals surface area contributed by atoms with E-state index in [-0.39, 0.29) is 5.54 Å². The van der Waals surface area contributed by atoms with Crippen molar-refractivity contribution in [3.63, 3.8) is 0 Å². The molecule has 0 spiro atoms. The highest BCUT2D eigenvalue weighted by atomic mass is 16.5. The molecule has 0 aromatic heterocycles. The van der Waals surface area contributed by atoms with Gasteiger partial charge in [0.2, 0.25) is 0 Å². The highest BCUT2D eigenvalue weighted by Crippen LogP contribution is 2.40. The quantitative estimate of drug-likeness (QED) is 0.874. The summed E-state index contributed by atoms with van der Waals surface area (Å²) in [6.45, 7) is 6.33. The average molecular weight is 290 g/mol. The molecule has 0 saturated carbocycles. The predicted octanol–water partition coefficient (Wildman–Crippen LogP) is 3.16. The van der Waals surface area contributed by atoms with Crippen LogP contribution in [-0.2, 0) is 12.0 Å². The fourth-order valence-electron chi connectivity index (χ4n) is 3.58. The Kier molecular flexibility index (Phi) is 5.28. The van der Waals surface area contributed by atoms with Crippen molar-refractivity contribution in [2.45, 2.75) is 45.1 Å². The Morgan fingerprint density at radius 2 is 2.19 bits per heavy atom. The molecular weight excluding hydrogens is 260 g/mol. The second kappa shape index (κ2) is 6.80. The number of hydrogen-bond acceptors (Lipinski definition) is 3. The highest BCUT2D eigenvalue weighted by molar-refractivity contribution is 5.42. The molecular formula is C18H30N2O. The van der Waals surface area contributed by atoms with Gasteiger partial charge in [0.25, 0.3) is 0 Å². The molecule has 3 nitrogen and oxygen atoms in total. The van der Waals surface area contributed by atoms with E-state index in [0.29, 0.717) is 12.5 Å². The van der Waals surface area contributed by atoms with E-state index >= 15 is 0 Å². The first-order chi connectivity index (χ1) is 10.1. The smallest absolute Gasteiger partial charge is 0.119 e. The summed E-state index contributed by atoms with van der Waals surface area (Å²) < 4.78 is 5.44. The molecule has 2 unspecified atom stereocenters. The van der Waals surface area contributed by atoms with E-state index in [0.717, 1.165) is 25.1 Å². The minimum Gasteiger partial charge on any atom is -0.497 e. The maximum atomic E-state index is 6.28. The van der Waals surface area contributed by atoms with Gasteiger partial charge in [-0.1, -0.05) is 26.3 Å². The van der Waals surface area contributed by atoms with Gasteiger partial charge in [0.1, 0.15) is 5.75 Å². The number of methoxy groups -OCH3 is 1. The summed E-state index contributed by atoms with van der Waals surface area (Å²) in [7, 11) is 3.96. The number of nitrogens with zero attached hydrogens (tertiary/aromatic N) is 1. The molecule has 1 aliphatic rings. The molecule has 0 aliphatic heterocycles. The van der Waals surface area contributed by atoms with Crippen LogP contribution in [0.3, 0.4) is 0 Å². The third kappa shape index (κ3) is 3.09. The number of rotatable bonds is 6. The topological polar surface area (TPSA) is 38.5 Å². The zero-order valence-corrected chi connectivity index (χ0v) is 14.0. The minimum atomic E-state index is -0.0362. The number of nitrogens with two attached hydrogens (primary N) is 1. The molecule has 3 heteroatoms. The van der Waals surface area contributed by atoms with Gasteiger partial charge in [-0.2, -0.15) is 0 Å². The third-order valence-electron chi connectivity index (χ3n) is 5.21. The van der Waals surface area contributed by atoms with Crippen LogP contribution in [-0.4, -0.2) is 32.1 Å². The summed E-state index contributed by atoms with van der Waals surface area (Å²) in [5, 5.41) is 0. The van der Waals surface area contributed by atoms with Crippen molar-refractivity contribution in [1.82, 2.24) is 4.90 Å². The Hall–Kier alpha value is -1.06. The van der Waals surface area contributed by atoms with E-state index in [1.807, 2.05) is 0 Å². The van der Waals surface area contributed by atoms with Gasteiger partial charge in [0.05, 0.1) is 12.6 Å². The van der Waals surface area contributed by atoms with Crippen molar-refractivity contribution in [3.8, 4) is 5.75 Å². The Labute approximate surface area is 129 Å². The molecule has 118 valence electrons. The molecule has 0 radical (unpaired) electrons. The van der Waals surface area contributed by atoms with Gasteiger partial charge in [-0.25, -0.2) is 0 Å². The lowest BCUT2D eigenvalue weighted by Gasteiger charge is -2.46. The van der Waals surface area contributed by atoms with Crippen LogP contribution in [0.4, 0.5) is 0 Å². The second-order valence-corrected chi connectivity index (χ2v) is 6.51. The lowest BCUT2D eigenvalue weighted by molar-refractivity contribution is 0.0872. The van der Waals surface area contributed by atoms with E-state index in [4.69, 9.17) is 10.5 Å². The van der Waals surface area contributed by atoms with E-state index in [1.165, 1.54) is 24.0 Å². The summed E-state index contributed by atoms with van der Waals surface area (Å²) in [6, 6.07) is 6.49. The predicted molar refractivity (Wildman–Crippen MR) is 88.7 cm³/mol. The van der Waals surface area contributed by atoms with Crippen molar-refractivity contribution in [3.05, 3.63) is 29.3 Å². The van der Waals surface area contributed by atoms with Crippen LogP contribution < -0.4 is 10.5 Å². The Morgan fingerprint density at radius 3 is 2.81 bits per heavy atom. The molecule has 2 atom stereocenters. The lowest BCUT2D eigenvalue weighted by atomic mass is 9.75. The molecule has 0 bridgehead atoms. The van der Waals surface area contributed by atoms with Crippen LogP contribution >= 0.6 is 0 Å². The molecule has 0 saturated heterocycles. The van der Waals surface area contributed by atoms with Crippen molar-refractivity contribution < 1.29 is 4.74 Å². The van der Waals surface area contributed by atoms with Crippen LogP contribution in [0, 0.1) is 5.92 Å². The maximum Gasteiger partial charge on any atom is 0.119 e. The van der Waals surface area contributed by atoms with Crippen molar-refractivity contribution >= 4 is 0 Å². The first-order valence-corrected chi connectivity index (χ1v) is 8.16. The van der Waals surface area contributed by atoms with Gasteiger partial charge in [0.15, 0.2) is 0 Å². The summed E-state index contributed by atoms with van der Waals surface area (Å²) in [4.78, 5) is 2.48. The number of benzene rings is 1. The van der Waals surface area contributed by atoms with Crippen molar-refractivity contribution in [1.29, 1.82) is 0 Å². The number of likely N-dealkylation sites (N-methyl/N-ethyl adjacent to an activating group) is 1. The lowest BCUT2D eigenvalue weighted by Crippen LogP contribution is -2.52. The maximum absolute atomic E-state index is 6.28. The summed E-state index contributed by atoms with van der Waals surface area (Å²) in [5.41, 5.74) is 9.05. The molecule has 0 heterocycles. The zero-order chi connectivity index (χ0) is 15.5. The van der Waals surface area contributed by atoms with Crippen LogP contribution in [0.5, 0.6) is 5.75 Å². The SMILES string of the molecule is CCC(C)CN(C)C1(CN)CCCc2ccc(OC)cc21. The van der Waals surface area contributed by atoms with Crippen LogP contribution in [0.25, 0.3) is 0 Å². The van der Waals surface area contributed by atoms with Gasteiger partial charge in [-0.3, -0.25) is 4.90 Å². The van der Waals surface area contributed by atoms with Crippen LogP contribution in [0.2, 0.25) is 0 Å². The molecule has 1 aromatic rings. The highest BCUT2D eigenvalue weighted by Gasteiger charge is 2.39. The normalized spacial score (nSPS) is 23.0. The first kappa shape index (κ1) is 16.3. The first-order valence-electron chi connectivity index (χ1n) is 8.16. The van der Waals surface area contributed by atoms with E-state index < -0.39 is 0 Å². The number of hydrogen-bond donors (Lipinski definition) is 1. The third-order valence-corrected chi connectivity index (χ3v) is 5.21. The van der Waals surface area contributed by atoms with Crippen molar-refractivity contribution in [2.24, 2.45) is 11.7 Å². The molecule has 21 heavy (non-hydrogen) atoms. The Morgan fingerprint density at radius 1 is 1.43 bits per heavy atom. The van der Waals surface area contributed by atoms with E-state index in [2.05, 4.69) is 44.0 Å². The number of aryl methyl sites for hydroxylation is 1. The Bertz CT molecular complexity index is 474. The standard InChI is InChI=1S/C18H30N2O/c1-5-14(2)12-20(3)18(13-19)10-6-7-15-8-9-16(21-4)11-17(15)18/h8-9,11,14H,5-7,10,12-13,19H2,1-4H3. The summed E-state index contributed by atoms with van der Waals surface area (Å²) >= 11 is 0. The van der Waals surface area contributed by atoms with Gasteiger partial charge in [-0.05, 0) is 55.5 Å². The summed E-state index contributed by atoms with van der Waals surface area (Å²) in [5.74, 6) is 1.62. The zero-order valence-electron chi connectivity index (χ0n) is 14.0. The van der Waals surface area contributed by atoms with Gasteiger partial charge in [0, 0.05) is 13.1 Å². The van der Waals surface area contributed by atoms with E-state index in [1.54, 1.807) is 7.11 Å². The Balaban J connectivity index is 2.40. The van der Waals surface area contributed by atoms with Crippen LogP contribution in [0.1, 0.15) is 44.2 Å². The second-order valence-electron chi connectivity index (χ2n) is 6.51. The molecule has 0 amide bonds. The van der Waals surface area contributed by atoms with Gasteiger partial charge >= 0.3 is 0 Å². The number of fused-ring (bicyclic) bond motifs is 1. The molecule has 0 fully saturated rings. The van der Waals surface area contributed by atoms with Gasteiger partial charge in [-0.15, -0.1) is 0 Å². The molecule has 1 aromatic carbocycles. The van der Waals surface area contributed by atoms with Crippen molar-refractivity contribution in [2.75, 3.05) is 27.2 Å². The largest absolute Gasteiger partial charge is 0.497 e. The molecule has 2 N–H and O–H groups in total. The monoisotopic (exact) mass is 290 g/mol. The number of ether oxygens (including phenoxy) is 1. The van der Waals surface area contributed by atoms with E-state index in [9.17, 15) is 0 Å². The van der Waals surface area contributed by atoms with Crippen LogP contribution in [0.15, 0.2) is 18.2 Å². The fourth-order valence-corrected chi connectivity index (χ4v) is 3.58. The summed E-state index contributed by atoms with van der Waals surface area (Å²) in [6.07, 6.45) is 4.70. The molecule has 2 rings (SSSR count). The van der Waals surface area contributed by atoms with Gasteiger partial charge < -0.3 is 10.5 Å². The minimum absolute atomic E-state index is 0.0362. The fraction of sp³-hybridized carbons (Fsp3) is 0.667.